The lowest BCUT2D eigenvalue weighted by atomic mass is 9.75. The SMILES string of the molecule is C=C(CC12CC(C)CC(O1)C1(C)OC3(CC1O2)NCC(C)CC3C)C1OC(O)(C(O)C2CC3OC4(CCC5(CC=CC(CCC(=O)O)O5)O4)C(C)CC3O2)C(C)CC1C. The van der Waals surface area contributed by atoms with Gasteiger partial charge < -0.3 is 53.2 Å². The number of ether oxygens (including phenoxy) is 8. The second-order valence-electron chi connectivity index (χ2n) is 21.1. The summed E-state index contributed by atoms with van der Waals surface area (Å²) in [5, 5.41) is 37.5. The van der Waals surface area contributed by atoms with E-state index in [1.54, 1.807) is 0 Å². The largest absolute Gasteiger partial charge is 0.481 e. The van der Waals surface area contributed by atoms with Crippen molar-refractivity contribution >= 4 is 5.97 Å². The monoisotopic (exact) mass is 829 g/mol. The van der Waals surface area contributed by atoms with Gasteiger partial charge >= 0.3 is 5.97 Å². The summed E-state index contributed by atoms with van der Waals surface area (Å²) in [4.78, 5) is 11.2. The first-order valence-electron chi connectivity index (χ1n) is 23.0. The Morgan fingerprint density at radius 1 is 0.864 bits per heavy atom. The van der Waals surface area contributed by atoms with Crippen molar-refractivity contribution in [2.75, 3.05) is 6.54 Å². The molecule has 0 aromatic heterocycles. The van der Waals surface area contributed by atoms with E-state index in [-0.39, 0.29) is 54.7 Å². The van der Waals surface area contributed by atoms with Gasteiger partial charge in [0.05, 0.1) is 42.7 Å². The first kappa shape index (κ1) is 42.8. The van der Waals surface area contributed by atoms with Crippen LogP contribution in [0.4, 0.5) is 0 Å². The summed E-state index contributed by atoms with van der Waals surface area (Å²) < 4.78 is 54.4. The van der Waals surface area contributed by atoms with Crippen molar-refractivity contribution in [3.63, 3.8) is 0 Å². The molecule has 59 heavy (non-hydrogen) atoms. The van der Waals surface area contributed by atoms with Crippen molar-refractivity contribution in [2.24, 2.45) is 35.5 Å². The van der Waals surface area contributed by atoms with Crippen LogP contribution in [-0.4, -0.2) is 111 Å². The highest BCUT2D eigenvalue weighted by atomic mass is 16.8. The molecule has 3 spiro atoms. The molecule has 9 rings (SSSR count). The van der Waals surface area contributed by atoms with Crippen molar-refractivity contribution in [3.05, 3.63) is 24.3 Å². The van der Waals surface area contributed by atoms with Crippen molar-refractivity contribution < 1.29 is 58.0 Å². The molecular formula is C46H71NO12. The molecule has 9 heterocycles. The molecule has 13 nitrogen and oxygen atoms in total. The zero-order valence-electron chi connectivity index (χ0n) is 36.4. The number of carboxylic acids is 1. The van der Waals surface area contributed by atoms with E-state index in [0.29, 0.717) is 69.1 Å². The summed E-state index contributed by atoms with van der Waals surface area (Å²) in [6.07, 6.45) is 7.90. The highest BCUT2D eigenvalue weighted by Crippen LogP contribution is 2.58. The van der Waals surface area contributed by atoms with Crippen molar-refractivity contribution in [3.8, 4) is 0 Å². The summed E-state index contributed by atoms with van der Waals surface area (Å²) >= 11 is 0. The molecule has 0 amide bonds. The van der Waals surface area contributed by atoms with Crippen LogP contribution >= 0.6 is 0 Å². The standard InChI is InChI=1S/C46H71NO12/c1-25-17-36-41(8)37(23-44(58-41)29(5)16-26(2)24-47-44)56-43(21-25,55-36)22-28(4)39-27(3)18-31(7)46(51,57-39)40(50)35-20-34-33(52-35)19-30(6)45(54-34)15-14-42(59-45)13-9-10-32(53-42)11-12-38(48)49/h9-10,25-27,29-37,39-40,47,50-51H,4,11-24H2,1-3,5-8H3,(H,48,49). The van der Waals surface area contributed by atoms with E-state index in [0.717, 1.165) is 37.8 Å². The fourth-order valence-electron chi connectivity index (χ4n) is 13.0. The Morgan fingerprint density at radius 3 is 2.41 bits per heavy atom. The van der Waals surface area contributed by atoms with Gasteiger partial charge in [-0.05, 0) is 68.3 Å². The number of aliphatic hydroxyl groups excluding tert-OH is 1. The minimum absolute atomic E-state index is 0.0209. The molecule has 2 bridgehead atoms. The van der Waals surface area contributed by atoms with Crippen LogP contribution in [0, 0.1) is 35.5 Å². The summed E-state index contributed by atoms with van der Waals surface area (Å²) in [6, 6.07) is 0. The Kier molecular flexibility index (Phi) is 10.9. The van der Waals surface area contributed by atoms with Crippen LogP contribution in [0.25, 0.3) is 0 Å². The van der Waals surface area contributed by atoms with Crippen LogP contribution in [0.1, 0.15) is 132 Å². The number of nitrogens with one attached hydrogen (secondary N) is 1. The number of carbonyl (C=O) groups is 1. The number of carboxylic acid groups (broad SMARTS) is 1. The molecule has 8 fully saturated rings. The van der Waals surface area contributed by atoms with Crippen LogP contribution in [-0.2, 0) is 42.7 Å². The molecule has 9 aliphatic heterocycles. The van der Waals surface area contributed by atoms with E-state index in [9.17, 15) is 20.1 Å². The van der Waals surface area contributed by atoms with Crippen LogP contribution in [0.3, 0.4) is 0 Å². The van der Waals surface area contributed by atoms with Crippen molar-refractivity contribution in [1.82, 2.24) is 5.32 Å². The zero-order chi connectivity index (χ0) is 41.9. The summed E-state index contributed by atoms with van der Waals surface area (Å²) in [6.45, 7) is 20.7. The maximum Gasteiger partial charge on any atom is 0.303 e. The van der Waals surface area contributed by atoms with Crippen LogP contribution < -0.4 is 5.32 Å². The van der Waals surface area contributed by atoms with E-state index < -0.39 is 58.8 Å². The fraction of sp³-hybridized carbons (Fsp3) is 0.891. The summed E-state index contributed by atoms with van der Waals surface area (Å²) in [5.41, 5.74) is -0.229. The van der Waals surface area contributed by atoms with E-state index in [2.05, 4.69) is 53.4 Å². The smallest absolute Gasteiger partial charge is 0.303 e. The summed E-state index contributed by atoms with van der Waals surface area (Å²) in [7, 11) is 0. The Morgan fingerprint density at radius 2 is 1.64 bits per heavy atom. The van der Waals surface area contributed by atoms with Crippen LogP contribution in [0.2, 0.25) is 0 Å². The molecule has 8 saturated heterocycles. The van der Waals surface area contributed by atoms with E-state index >= 15 is 0 Å². The number of fused-ring (bicyclic) bond motifs is 5. The molecule has 4 N–H and O–H groups in total. The lowest BCUT2D eigenvalue weighted by Gasteiger charge is -2.56. The molecule has 0 aliphatic carbocycles. The van der Waals surface area contributed by atoms with Gasteiger partial charge in [0.25, 0.3) is 0 Å². The number of rotatable bonds is 8. The van der Waals surface area contributed by atoms with E-state index in [1.807, 2.05) is 19.1 Å². The maximum atomic E-state index is 12.4. The average molecular weight is 830 g/mol. The topological polar surface area (TPSA) is 164 Å². The second kappa shape index (κ2) is 15.1. The molecule has 20 unspecified atom stereocenters. The minimum Gasteiger partial charge on any atom is -0.481 e. The van der Waals surface area contributed by atoms with Gasteiger partial charge in [-0.25, -0.2) is 0 Å². The van der Waals surface area contributed by atoms with Gasteiger partial charge in [-0.2, -0.15) is 0 Å². The Hall–Kier alpha value is -1.49. The Labute approximate surface area is 350 Å². The fourth-order valence-corrected chi connectivity index (χ4v) is 13.0. The third-order valence-corrected chi connectivity index (χ3v) is 16.3. The molecule has 332 valence electrons. The second-order valence-corrected chi connectivity index (χ2v) is 21.1. The van der Waals surface area contributed by atoms with Crippen molar-refractivity contribution in [1.29, 1.82) is 0 Å². The van der Waals surface area contributed by atoms with Crippen LogP contribution in [0.15, 0.2) is 24.3 Å². The van der Waals surface area contributed by atoms with Gasteiger partial charge in [-0.3, -0.25) is 10.1 Å². The van der Waals surface area contributed by atoms with Gasteiger partial charge in [-0.15, -0.1) is 0 Å². The third-order valence-electron chi connectivity index (χ3n) is 16.3. The molecule has 0 radical (unpaired) electrons. The number of aliphatic hydroxyl groups is 2. The lowest BCUT2D eigenvalue weighted by molar-refractivity contribution is -0.390. The zero-order valence-corrected chi connectivity index (χ0v) is 36.4. The highest BCUT2D eigenvalue weighted by molar-refractivity contribution is 5.66. The Balaban J connectivity index is 0.864. The highest BCUT2D eigenvalue weighted by Gasteiger charge is 2.68. The number of aliphatic carboxylic acids is 1. The third kappa shape index (κ3) is 7.31. The predicted octanol–water partition coefficient (Wildman–Crippen LogP) is 6.09. The quantitative estimate of drug-likeness (QED) is 0.208. The average Bonchev–Trinajstić information content (AvgIpc) is 3.82. The molecule has 13 heteroatoms. The maximum absolute atomic E-state index is 12.4. The molecule has 0 aromatic rings. The molecular weight excluding hydrogens is 759 g/mol. The van der Waals surface area contributed by atoms with Gasteiger partial charge in [0.2, 0.25) is 0 Å². The lowest BCUT2D eigenvalue weighted by Crippen LogP contribution is -2.65. The first-order valence-corrected chi connectivity index (χ1v) is 23.0. The Bertz CT molecular complexity index is 1660. The number of piperidine rings is 1. The van der Waals surface area contributed by atoms with Crippen molar-refractivity contribution in [2.45, 2.75) is 215 Å². The minimum atomic E-state index is -1.89. The number of hydrogen-bond acceptors (Lipinski definition) is 12. The first-order chi connectivity index (χ1) is 27.8. The molecule has 0 saturated carbocycles. The van der Waals surface area contributed by atoms with E-state index in [1.165, 1.54) is 0 Å². The van der Waals surface area contributed by atoms with Gasteiger partial charge in [0.1, 0.15) is 17.4 Å². The normalized spacial score (nSPS) is 54.7. The predicted molar refractivity (Wildman–Crippen MR) is 214 cm³/mol. The molecule has 0 aromatic carbocycles. The number of hydrogen-bond donors (Lipinski definition) is 4. The summed E-state index contributed by atoms with van der Waals surface area (Å²) in [5.74, 6) is -4.48. The molecule has 20 atom stereocenters. The molecule has 9 aliphatic rings. The van der Waals surface area contributed by atoms with Gasteiger partial charge in [0.15, 0.2) is 23.1 Å². The van der Waals surface area contributed by atoms with Crippen LogP contribution in [0.5, 0.6) is 0 Å². The van der Waals surface area contributed by atoms with Gasteiger partial charge in [-0.1, -0.05) is 60.3 Å². The van der Waals surface area contributed by atoms with E-state index in [4.69, 9.17) is 37.9 Å². The van der Waals surface area contributed by atoms with Gasteiger partial charge in [0, 0.05) is 69.7 Å².